The van der Waals surface area contributed by atoms with E-state index in [4.69, 9.17) is 0 Å². The summed E-state index contributed by atoms with van der Waals surface area (Å²) in [5.74, 6) is 0.343. The first-order valence-corrected chi connectivity index (χ1v) is 5.14. The van der Waals surface area contributed by atoms with Crippen molar-refractivity contribution in [3.8, 4) is 0 Å². The summed E-state index contributed by atoms with van der Waals surface area (Å²) in [5, 5.41) is 2.92. The standard InChI is InChI=1S/C8H8O2.C4H7NO/c9-7-10-6-8-4-2-1-3-5-8;6-4-1-2-5-3-4/h1-5,7H,6H2;5H,1-3H2. The number of hydrogen-bond donors (Lipinski definition) is 1. The van der Waals surface area contributed by atoms with Crippen LogP contribution in [0.2, 0.25) is 0 Å². The van der Waals surface area contributed by atoms with Crippen molar-refractivity contribution in [2.45, 2.75) is 13.0 Å². The van der Waals surface area contributed by atoms with E-state index >= 15 is 0 Å². The van der Waals surface area contributed by atoms with Crippen LogP contribution in [0.15, 0.2) is 30.3 Å². The molecule has 1 fully saturated rings. The van der Waals surface area contributed by atoms with E-state index in [0.717, 1.165) is 18.5 Å². The Kier molecular flexibility index (Phi) is 5.88. The van der Waals surface area contributed by atoms with Crippen LogP contribution in [-0.4, -0.2) is 25.3 Å². The number of Topliss-reactive ketones (excluding diaryl/α,β-unsaturated/α-hetero) is 1. The van der Waals surface area contributed by atoms with E-state index in [1.54, 1.807) is 0 Å². The molecule has 86 valence electrons. The third-order valence-electron chi connectivity index (χ3n) is 2.06. The minimum Gasteiger partial charge on any atom is -0.463 e. The number of carbonyl (C=O) groups is 2. The molecule has 4 nitrogen and oxygen atoms in total. The van der Waals surface area contributed by atoms with Crippen LogP contribution >= 0.6 is 0 Å². The van der Waals surface area contributed by atoms with Gasteiger partial charge in [0.2, 0.25) is 0 Å². The van der Waals surface area contributed by atoms with Gasteiger partial charge in [0.05, 0.1) is 6.54 Å². The van der Waals surface area contributed by atoms with Gasteiger partial charge in [0.25, 0.3) is 6.47 Å². The summed E-state index contributed by atoms with van der Waals surface area (Å²) >= 11 is 0. The van der Waals surface area contributed by atoms with Crippen LogP contribution < -0.4 is 5.32 Å². The summed E-state index contributed by atoms with van der Waals surface area (Å²) in [6.45, 7) is 2.30. The largest absolute Gasteiger partial charge is 0.463 e. The van der Waals surface area contributed by atoms with Crippen molar-refractivity contribution in [1.29, 1.82) is 0 Å². The fourth-order valence-electron chi connectivity index (χ4n) is 1.25. The number of rotatable bonds is 3. The smallest absolute Gasteiger partial charge is 0.293 e. The molecule has 1 saturated heterocycles. The molecule has 1 aliphatic heterocycles. The zero-order chi connectivity index (χ0) is 11.6. The van der Waals surface area contributed by atoms with Crippen LogP contribution in [0.5, 0.6) is 0 Å². The van der Waals surface area contributed by atoms with E-state index < -0.39 is 0 Å². The van der Waals surface area contributed by atoms with Gasteiger partial charge in [-0.15, -0.1) is 0 Å². The molecule has 0 atom stereocenters. The molecule has 0 bridgehead atoms. The SMILES string of the molecule is O=C1CCNC1.O=COCc1ccccc1. The monoisotopic (exact) mass is 221 g/mol. The summed E-state index contributed by atoms with van der Waals surface area (Å²) < 4.78 is 4.54. The molecular formula is C12H15NO3. The van der Waals surface area contributed by atoms with Gasteiger partial charge in [-0.05, 0) is 5.56 Å². The number of nitrogens with one attached hydrogen (secondary N) is 1. The van der Waals surface area contributed by atoms with Gasteiger partial charge in [-0.1, -0.05) is 30.3 Å². The van der Waals surface area contributed by atoms with Gasteiger partial charge in [-0.2, -0.15) is 0 Å². The van der Waals surface area contributed by atoms with Crippen molar-refractivity contribution in [2.75, 3.05) is 13.1 Å². The Balaban J connectivity index is 0.000000181. The summed E-state index contributed by atoms with van der Waals surface area (Å²) in [6, 6.07) is 9.55. The molecule has 16 heavy (non-hydrogen) atoms. The second-order valence-corrected chi connectivity index (χ2v) is 3.36. The highest BCUT2D eigenvalue weighted by molar-refractivity contribution is 5.82. The Bertz CT molecular complexity index is 316. The van der Waals surface area contributed by atoms with Gasteiger partial charge >= 0.3 is 0 Å². The molecule has 0 radical (unpaired) electrons. The molecule has 4 heteroatoms. The minimum atomic E-state index is 0.343. The Hall–Kier alpha value is -1.68. The zero-order valence-corrected chi connectivity index (χ0v) is 9.02. The fourth-order valence-corrected chi connectivity index (χ4v) is 1.25. The number of ether oxygens (including phenoxy) is 1. The van der Waals surface area contributed by atoms with Gasteiger partial charge in [0.15, 0.2) is 0 Å². The Morgan fingerprint density at radius 3 is 2.50 bits per heavy atom. The van der Waals surface area contributed by atoms with Crippen molar-refractivity contribution in [3.63, 3.8) is 0 Å². The molecule has 0 aliphatic carbocycles. The number of benzene rings is 1. The number of ketones is 1. The highest BCUT2D eigenvalue weighted by Gasteiger charge is 2.06. The lowest BCUT2D eigenvalue weighted by Crippen LogP contribution is -2.07. The third-order valence-corrected chi connectivity index (χ3v) is 2.06. The average molecular weight is 221 g/mol. The second-order valence-electron chi connectivity index (χ2n) is 3.36. The Morgan fingerprint density at radius 1 is 1.31 bits per heavy atom. The normalized spacial score (nSPS) is 13.9. The van der Waals surface area contributed by atoms with Crippen LogP contribution in [-0.2, 0) is 20.9 Å². The molecule has 0 amide bonds. The predicted octanol–water partition coefficient (Wildman–Crippen LogP) is 0.908. The maximum absolute atomic E-state index is 10.2. The lowest BCUT2D eigenvalue weighted by molar-refractivity contribution is -0.129. The summed E-state index contributed by atoms with van der Waals surface area (Å²) in [4.78, 5) is 19.9. The molecule has 0 aromatic heterocycles. The van der Waals surface area contributed by atoms with Gasteiger partial charge in [0.1, 0.15) is 12.4 Å². The Morgan fingerprint density at radius 2 is 2.06 bits per heavy atom. The Labute approximate surface area is 94.6 Å². The van der Waals surface area contributed by atoms with Gasteiger partial charge in [-0.25, -0.2) is 0 Å². The molecule has 1 aromatic rings. The number of carbonyl (C=O) groups excluding carboxylic acids is 2. The van der Waals surface area contributed by atoms with E-state index in [1.807, 2.05) is 30.3 Å². The molecule has 0 saturated carbocycles. The third kappa shape index (κ3) is 5.26. The fraction of sp³-hybridized carbons (Fsp3) is 0.333. The van der Waals surface area contributed by atoms with Crippen LogP contribution in [0.25, 0.3) is 0 Å². The van der Waals surface area contributed by atoms with E-state index in [2.05, 4.69) is 10.1 Å². The van der Waals surface area contributed by atoms with Crippen molar-refractivity contribution >= 4 is 12.3 Å². The molecule has 1 aromatic carbocycles. The van der Waals surface area contributed by atoms with E-state index in [1.165, 1.54) is 0 Å². The highest BCUT2D eigenvalue weighted by atomic mass is 16.5. The summed E-state index contributed by atoms with van der Waals surface area (Å²) in [5.41, 5.74) is 1.01. The highest BCUT2D eigenvalue weighted by Crippen LogP contribution is 1.98. The molecule has 1 heterocycles. The van der Waals surface area contributed by atoms with Crippen LogP contribution in [0.4, 0.5) is 0 Å². The minimum absolute atomic E-state index is 0.343. The maximum atomic E-state index is 10.2. The lowest BCUT2D eigenvalue weighted by atomic mass is 10.2. The summed E-state index contributed by atoms with van der Waals surface area (Å²) in [6.07, 6.45) is 0.736. The molecule has 2 rings (SSSR count). The van der Waals surface area contributed by atoms with E-state index in [0.29, 0.717) is 25.4 Å². The van der Waals surface area contributed by atoms with Crippen molar-refractivity contribution in [3.05, 3.63) is 35.9 Å². The van der Waals surface area contributed by atoms with Gasteiger partial charge < -0.3 is 10.1 Å². The van der Waals surface area contributed by atoms with E-state index in [9.17, 15) is 9.59 Å². The predicted molar refractivity (Wildman–Crippen MR) is 59.8 cm³/mol. The number of hydrogen-bond acceptors (Lipinski definition) is 4. The van der Waals surface area contributed by atoms with Crippen molar-refractivity contribution in [1.82, 2.24) is 5.32 Å². The molecule has 1 aliphatic rings. The van der Waals surface area contributed by atoms with Gasteiger partial charge in [-0.3, -0.25) is 9.59 Å². The molecule has 0 spiro atoms. The molecular weight excluding hydrogens is 206 g/mol. The summed E-state index contributed by atoms with van der Waals surface area (Å²) in [7, 11) is 0. The zero-order valence-electron chi connectivity index (χ0n) is 9.02. The van der Waals surface area contributed by atoms with Crippen LogP contribution in [0.1, 0.15) is 12.0 Å². The maximum Gasteiger partial charge on any atom is 0.293 e. The lowest BCUT2D eigenvalue weighted by Gasteiger charge is -1.95. The first-order valence-electron chi connectivity index (χ1n) is 5.14. The van der Waals surface area contributed by atoms with E-state index in [-0.39, 0.29) is 0 Å². The van der Waals surface area contributed by atoms with Gasteiger partial charge in [0, 0.05) is 13.0 Å². The van der Waals surface area contributed by atoms with Crippen LogP contribution in [0.3, 0.4) is 0 Å². The first-order chi connectivity index (χ1) is 7.83. The average Bonchev–Trinajstić information content (AvgIpc) is 2.80. The topological polar surface area (TPSA) is 55.4 Å². The van der Waals surface area contributed by atoms with Crippen LogP contribution in [0, 0.1) is 0 Å². The van der Waals surface area contributed by atoms with Crippen molar-refractivity contribution in [2.24, 2.45) is 0 Å². The second kappa shape index (κ2) is 7.59. The quantitative estimate of drug-likeness (QED) is 0.771. The molecule has 0 unspecified atom stereocenters. The molecule has 1 N–H and O–H groups in total. The van der Waals surface area contributed by atoms with Crippen molar-refractivity contribution < 1.29 is 14.3 Å². The first kappa shape index (κ1) is 12.4.